The molecule has 4 heteroatoms. The molecule has 1 amide bonds. The first-order valence-electron chi connectivity index (χ1n) is 7.03. The normalized spacial score (nSPS) is 10.9. The second-order valence-corrected chi connectivity index (χ2v) is 5.83. The molecule has 0 heterocycles. The zero-order valence-corrected chi connectivity index (χ0v) is 13.3. The van der Waals surface area contributed by atoms with Gasteiger partial charge in [-0.05, 0) is 50.1 Å². The van der Waals surface area contributed by atoms with Crippen molar-refractivity contribution in [2.45, 2.75) is 26.4 Å². The lowest BCUT2D eigenvalue weighted by molar-refractivity contribution is 0.0635. The maximum Gasteiger partial charge on any atom is 0.412 e. The molecule has 2 rings (SSSR count). The summed E-state index contributed by atoms with van der Waals surface area (Å²) < 4.78 is 10.6. The number of rotatable bonds is 3. The Morgan fingerprint density at radius 1 is 1.09 bits per heavy atom. The molecule has 4 nitrogen and oxygen atoms in total. The van der Waals surface area contributed by atoms with Crippen molar-refractivity contribution in [1.29, 1.82) is 0 Å². The molecular weight excluding hydrogens is 278 g/mol. The van der Waals surface area contributed by atoms with Gasteiger partial charge in [-0.2, -0.15) is 0 Å². The number of hydrogen-bond donors (Lipinski definition) is 1. The van der Waals surface area contributed by atoms with Crippen LogP contribution in [0.5, 0.6) is 5.75 Å². The van der Waals surface area contributed by atoms with Crippen LogP contribution in [0.15, 0.2) is 42.5 Å². The van der Waals surface area contributed by atoms with Crippen molar-refractivity contribution in [1.82, 2.24) is 0 Å². The van der Waals surface area contributed by atoms with Crippen LogP contribution in [0.3, 0.4) is 0 Å². The standard InChI is InChI=1S/C18H20NO3/c1-18(2,3)22-17(20)19-15-11-10-14(12-16(15)21-4)13-8-6-5-7-9-13/h6-12H,1-4H3,(H,19,20). The minimum absolute atomic E-state index is 0.507. The van der Waals surface area contributed by atoms with Crippen molar-refractivity contribution in [3.63, 3.8) is 0 Å². The van der Waals surface area contributed by atoms with Gasteiger partial charge in [0.05, 0.1) is 12.8 Å². The summed E-state index contributed by atoms with van der Waals surface area (Å²) in [5.41, 5.74) is 2.09. The number of benzene rings is 2. The van der Waals surface area contributed by atoms with Gasteiger partial charge in [-0.25, -0.2) is 4.79 Å². The van der Waals surface area contributed by atoms with Crippen molar-refractivity contribution in [2.24, 2.45) is 0 Å². The summed E-state index contributed by atoms with van der Waals surface area (Å²) in [7, 11) is 1.57. The molecule has 1 N–H and O–H groups in total. The minimum atomic E-state index is -0.544. The summed E-state index contributed by atoms with van der Waals surface area (Å²) in [6, 6.07) is 16.2. The molecule has 0 saturated heterocycles. The van der Waals surface area contributed by atoms with E-state index in [9.17, 15) is 4.79 Å². The van der Waals surface area contributed by atoms with Crippen LogP contribution in [0, 0.1) is 6.07 Å². The highest BCUT2D eigenvalue weighted by Gasteiger charge is 2.17. The van der Waals surface area contributed by atoms with Crippen LogP contribution >= 0.6 is 0 Å². The van der Waals surface area contributed by atoms with Crippen LogP contribution in [-0.4, -0.2) is 18.8 Å². The van der Waals surface area contributed by atoms with E-state index in [4.69, 9.17) is 9.47 Å². The van der Waals surface area contributed by atoms with Gasteiger partial charge in [0.1, 0.15) is 11.4 Å². The van der Waals surface area contributed by atoms with Gasteiger partial charge < -0.3 is 9.47 Å². The Hall–Kier alpha value is -2.49. The SMILES string of the molecule is COc1cc(-c2cc[c]cc2)ccc1NC(=O)OC(C)(C)C. The summed E-state index contributed by atoms with van der Waals surface area (Å²) in [6.07, 6.45) is -0.507. The Kier molecular flexibility index (Phi) is 4.71. The third-order valence-electron chi connectivity index (χ3n) is 2.89. The molecule has 115 valence electrons. The van der Waals surface area contributed by atoms with E-state index in [1.807, 2.05) is 57.2 Å². The van der Waals surface area contributed by atoms with Crippen molar-refractivity contribution < 1.29 is 14.3 Å². The van der Waals surface area contributed by atoms with Gasteiger partial charge in [0, 0.05) is 0 Å². The fraction of sp³-hybridized carbons (Fsp3) is 0.278. The van der Waals surface area contributed by atoms with Crippen LogP contribution in [0.25, 0.3) is 11.1 Å². The highest BCUT2D eigenvalue weighted by Crippen LogP contribution is 2.31. The quantitative estimate of drug-likeness (QED) is 0.907. The third-order valence-corrected chi connectivity index (χ3v) is 2.89. The first-order valence-corrected chi connectivity index (χ1v) is 7.03. The highest BCUT2D eigenvalue weighted by molar-refractivity contribution is 5.88. The van der Waals surface area contributed by atoms with Gasteiger partial charge in [0.25, 0.3) is 0 Å². The van der Waals surface area contributed by atoms with Gasteiger partial charge in [-0.15, -0.1) is 0 Å². The fourth-order valence-corrected chi connectivity index (χ4v) is 1.97. The number of methoxy groups -OCH3 is 1. The second kappa shape index (κ2) is 6.52. The fourth-order valence-electron chi connectivity index (χ4n) is 1.97. The molecule has 0 saturated carbocycles. The molecule has 2 aromatic carbocycles. The molecule has 22 heavy (non-hydrogen) atoms. The summed E-state index contributed by atoms with van der Waals surface area (Å²) in [6.45, 7) is 5.46. The summed E-state index contributed by atoms with van der Waals surface area (Å²) in [4.78, 5) is 11.9. The summed E-state index contributed by atoms with van der Waals surface area (Å²) >= 11 is 0. The molecule has 0 unspecified atom stereocenters. The molecule has 2 aromatic rings. The lowest BCUT2D eigenvalue weighted by Crippen LogP contribution is -2.27. The lowest BCUT2D eigenvalue weighted by atomic mass is 10.1. The topological polar surface area (TPSA) is 47.6 Å². The van der Waals surface area contributed by atoms with E-state index in [2.05, 4.69) is 11.4 Å². The van der Waals surface area contributed by atoms with E-state index in [-0.39, 0.29) is 0 Å². The Labute approximate surface area is 131 Å². The smallest absolute Gasteiger partial charge is 0.412 e. The Bertz CT molecular complexity index is 645. The van der Waals surface area contributed by atoms with E-state index in [1.54, 1.807) is 13.2 Å². The van der Waals surface area contributed by atoms with E-state index >= 15 is 0 Å². The zero-order valence-electron chi connectivity index (χ0n) is 13.3. The average molecular weight is 298 g/mol. The molecular formula is C18H20NO3. The molecule has 0 aliphatic rings. The van der Waals surface area contributed by atoms with Crippen LogP contribution in [0.2, 0.25) is 0 Å². The highest BCUT2D eigenvalue weighted by atomic mass is 16.6. The monoisotopic (exact) mass is 298 g/mol. The van der Waals surface area contributed by atoms with Gasteiger partial charge in [-0.1, -0.05) is 30.3 Å². The van der Waals surface area contributed by atoms with Gasteiger partial charge in [-0.3, -0.25) is 5.32 Å². The molecule has 0 fully saturated rings. The first kappa shape index (κ1) is 15.9. The number of amides is 1. The van der Waals surface area contributed by atoms with Gasteiger partial charge >= 0.3 is 6.09 Å². The maximum absolute atomic E-state index is 11.9. The molecule has 1 radical (unpaired) electrons. The molecule has 0 atom stereocenters. The second-order valence-electron chi connectivity index (χ2n) is 5.83. The number of nitrogens with one attached hydrogen (secondary N) is 1. The summed E-state index contributed by atoms with van der Waals surface area (Å²) in [5, 5.41) is 2.70. The van der Waals surface area contributed by atoms with Crippen LogP contribution < -0.4 is 10.1 Å². The van der Waals surface area contributed by atoms with Crippen molar-refractivity contribution >= 4 is 11.8 Å². The molecule has 0 aromatic heterocycles. The predicted molar refractivity (Wildman–Crippen MR) is 87.1 cm³/mol. The van der Waals surface area contributed by atoms with E-state index in [0.29, 0.717) is 11.4 Å². The number of carbonyl (C=O) groups is 1. The summed E-state index contributed by atoms with van der Waals surface area (Å²) in [5.74, 6) is 0.580. The number of anilines is 1. The van der Waals surface area contributed by atoms with E-state index < -0.39 is 11.7 Å². The number of carbonyl (C=O) groups excluding carboxylic acids is 1. The molecule has 0 spiro atoms. The first-order chi connectivity index (χ1) is 10.4. The van der Waals surface area contributed by atoms with Crippen LogP contribution in [-0.2, 0) is 4.74 Å². The predicted octanol–water partition coefficient (Wildman–Crippen LogP) is 4.51. The number of ether oxygens (including phenoxy) is 2. The van der Waals surface area contributed by atoms with Crippen molar-refractivity contribution in [3.05, 3.63) is 48.5 Å². The van der Waals surface area contributed by atoms with Crippen LogP contribution in [0.1, 0.15) is 20.8 Å². The maximum atomic E-state index is 11.9. The number of hydrogen-bond acceptors (Lipinski definition) is 3. The lowest BCUT2D eigenvalue weighted by Gasteiger charge is -2.20. The van der Waals surface area contributed by atoms with Crippen molar-refractivity contribution in [2.75, 3.05) is 12.4 Å². The Morgan fingerprint density at radius 2 is 1.77 bits per heavy atom. The minimum Gasteiger partial charge on any atom is -0.495 e. The van der Waals surface area contributed by atoms with E-state index in [1.165, 1.54) is 0 Å². The Balaban J connectivity index is 2.22. The van der Waals surface area contributed by atoms with Gasteiger partial charge in [0.15, 0.2) is 0 Å². The largest absolute Gasteiger partial charge is 0.495 e. The van der Waals surface area contributed by atoms with Crippen molar-refractivity contribution in [3.8, 4) is 16.9 Å². The molecule has 0 aliphatic heterocycles. The molecule has 0 bridgehead atoms. The average Bonchev–Trinajstić information content (AvgIpc) is 2.46. The van der Waals surface area contributed by atoms with Gasteiger partial charge in [0.2, 0.25) is 0 Å². The van der Waals surface area contributed by atoms with E-state index in [0.717, 1.165) is 11.1 Å². The molecule has 0 aliphatic carbocycles. The van der Waals surface area contributed by atoms with Crippen LogP contribution in [0.4, 0.5) is 10.5 Å². The Morgan fingerprint density at radius 3 is 2.36 bits per heavy atom. The third kappa shape index (κ3) is 4.25. The zero-order chi connectivity index (χ0) is 16.2.